The highest BCUT2D eigenvalue weighted by molar-refractivity contribution is 6.33. The third-order valence-corrected chi connectivity index (χ3v) is 3.05. The minimum Gasteiger partial charge on any atom is -0.490 e. The molecule has 0 bridgehead atoms. The second-order valence-electron chi connectivity index (χ2n) is 4.15. The van der Waals surface area contributed by atoms with E-state index in [-0.39, 0.29) is 0 Å². The van der Waals surface area contributed by atoms with Crippen molar-refractivity contribution in [2.24, 2.45) is 0 Å². The van der Waals surface area contributed by atoms with Crippen molar-refractivity contribution in [2.75, 3.05) is 6.61 Å². The van der Waals surface area contributed by atoms with Crippen LogP contribution in [-0.4, -0.2) is 12.9 Å². The molecule has 0 aliphatic carbocycles. The zero-order chi connectivity index (χ0) is 14.4. The summed E-state index contributed by atoms with van der Waals surface area (Å²) >= 11 is 6.02. The molecule has 104 valence electrons. The van der Waals surface area contributed by atoms with Crippen molar-refractivity contribution in [1.29, 1.82) is 0 Å². The van der Waals surface area contributed by atoms with Gasteiger partial charge in [-0.05, 0) is 18.6 Å². The number of rotatable bonds is 6. The number of benzene rings is 2. The Bertz CT molecular complexity index is 582. The maximum absolute atomic E-state index is 10.9. The van der Waals surface area contributed by atoms with Crippen molar-refractivity contribution < 1.29 is 14.3 Å². The Balaban J connectivity index is 2.21. The molecular weight excluding hydrogens is 276 g/mol. The lowest BCUT2D eigenvalue weighted by Gasteiger charge is -2.13. The minimum atomic E-state index is 0.353. The van der Waals surface area contributed by atoms with E-state index in [0.717, 1.165) is 5.56 Å². The lowest BCUT2D eigenvalue weighted by atomic mass is 10.2. The maximum atomic E-state index is 10.9. The van der Waals surface area contributed by atoms with Crippen LogP contribution in [0.2, 0.25) is 5.02 Å². The fraction of sp³-hybridized carbons (Fsp3) is 0.188. The third-order valence-electron chi connectivity index (χ3n) is 2.73. The average molecular weight is 291 g/mol. The SMILES string of the molecule is CCOc1cc(C=O)c(Cl)cc1OCc1ccccc1. The summed E-state index contributed by atoms with van der Waals surface area (Å²) in [5.41, 5.74) is 1.44. The molecule has 0 aliphatic rings. The molecule has 20 heavy (non-hydrogen) atoms. The van der Waals surface area contributed by atoms with E-state index < -0.39 is 0 Å². The summed E-state index contributed by atoms with van der Waals surface area (Å²) in [6.07, 6.45) is 0.700. The molecule has 0 unspecified atom stereocenters. The van der Waals surface area contributed by atoms with Crippen molar-refractivity contribution in [2.45, 2.75) is 13.5 Å². The minimum absolute atomic E-state index is 0.353. The smallest absolute Gasteiger partial charge is 0.163 e. The van der Waals surface area contributed by atoms with Gasteiger partial charge in [-0.25, -0.2) is 0 Å². The average Bonchev–Trinajstić information content (AvgIpc) is 2.48. The number of ether oxygens (including phenoxy) is 2. The summed E-state index contributed by atoms with van der Waals surface area (Å²) in [5, 5.41) is 0.353. The number of halogens is 1. The van der Waals surface area contributed by atoms with Gasteiger partial charge in [0.15, 0.2) is 17.8 Å². The molecule has 0 saturated carbocycles. The Labute approximate surface area is 123 Å². The Kier molecular flexibility index (Phi) is 5.02. The molecule has 3 nitrogen and oxygen atoms in total. The van der Waals surface area contributed by atoms with E-state index in [9.17, 15) is 4.79 Å². The van der Waals surface area contributed by atoms with Crippen molar-refractivity contribution in [3.05, 3.63) is 58.6 Å². The first-order valence-electron chi connectivity index (χ1n) is 6.33. The molecule has 0 aliphatic heterocycles. The van der Waals surface area contributed by atoms with Crippen LogP contribution in [0.3, 0.4) is 0 Å². The van der Waals surface area contributed by atoms with E-state index >= 15 is 0 Å². The standard InChI is InChI=1S/C16H15ClO3/c1-2-19-15-8-13(10-18)14(17)9-16(15)20-11-12-6-4-3-5-7-12/h3-10H,2,11H2,1H3. The van der Waals surface area contributed by atoms with Gasteiger partial charge >= 0.3 is 0 Å². The molecular formula is C16H15ClO3. The zero-order valence-electron chi connectivity index (χ0n) is 11.1. The van der Waals surface area contributed by atoms with E-state index in [1.165, 1.54) is 0 Å². The van der Waals surface area contributed by atoms with Gasteiger partial charge in [-0.2, -0.15) is 0 Å². The van der Waals surface area contributed by atoms with Crippen LogP contribution < -0.4 is 9.47 Å². The van der Waals surface area contributed by atoms with Crippen LogP contribution in [0.25, 0.3) is 0 Å². The Hall–Kier alpha value is -2.00. The van der Waals surface area contributed by atoms with Crippen LogP contribution in [0.4, 0.5) is 0 Å². The number of hydrogen-bond donors (Lipinski definition) is 0. The molecule has 0 atom stereocenters. The topological polar surface area (TPSA) is 35.5 Å². The Morgan fingerprint density at radius 1 is 1.10 bits per heavy atom. The third kappa shape index (κ3) is 3.52. The summed E-state index contributed by atoms with van der Waals surface area (Å²) in [7, 11) is 0. The number of carbonyl (C=O) groups is 1. The van der Waals surface area contributed by atoms with Crippen molar-refractivity contribution >= 4 is 17.9 Å². The molecule has 4 heteroatoms. The Morgan fingerprint density at radius 3 is 2.45 bits per heavy atom. The normalized spacial score (nSPS) is 10.1. The van der Waals surface area contributed by atoms with Crippen LogP contribution >= 0.6 is 11.6 Å². The van der Waals surface area contributed by atoms with E-state index in [2.05, 4.69) is 0 Å². The van der Waals surface area contributed by atoms with Crippen LogP contribution in [0.5, 0.6) is 11.5 Å². The van der Waals surface area contributed by atoms with Gasteiger partial charge in [0.1, 0.15) is 6.61 Å². The van der Waals surface area contributed by atoms with Gasteiger partial charge in [-0.1, -0.05) is 41.9 Å². The van der Waals surface area contributed by atoms with Crippen LogP contribution in [0.1, 0.15) is 22.8 Å². The van der Waals surface area contributed by atoms with E-state index in [4.69, 9.17) is 21.1 Å². The fourth-order valence-electron chi connectivity index (χ4n) is 1.76. The number of aldehydes is 1. The van der Waals surface area contributed by atoms with Gasteiger partial charge in [0.2, 0.25) is 0 Å². The lowest BCUT2D eigenvalue weighted by molar-refractivity contribution is 0.112. The molecule has 0 N–H and O–H groups in total. The van der Waals surface area contributed by atoms with E-state index in [1.807, 2.05) is 37.3 Å². The molecule has 2 aromatic rings. The lowest BCUT2D eigenvalue weighted by Crippen LogP contribution is -2.00. The summed E-state index contributed by atoms with van der Waals surface area (Å²) in [6, 6.07) is 13.0. The van der Waals surface area contributed by atoms with Gasteiger partial charge in [0.05, 0.1) is 11.6 Å². The van der Waals surface area contributed by atoms with Crippen LogP contribution in [-0.2, 0) is 6.61 Å². The predicted octanol–water partition coefficient (Wildman–Crippen LogP) is 4.13. The van der Waals surface area contributed by atoms with E-state index in [0.29, 0.717) is 41.6 Å². The maximum Gasteiger partial charge on any atom is 0.163 e. The highest BCUT2D eigenvalue weighted by atomic mass is 35.5. The molecule has 2 rings (SSSR count). The molecule has 0 radical (unpaired) electrons. The summed E-state index contributed by atoms with van der Waals surface area (Å²) in [6.45, 7) is 2.77. The van der Waals surface area contributed by atoms with Gasteiger partial charge in [0.25, 0.3) is 0 Å². The summed E-state index contributed by atoms with van der Waals surface area (Å²) in [5.74, 6) is 1.06. The first kappa shape index (κ1) is 14.4. The molecule has 0 fully saturated rings. The highest BCUT2D eigenvalue weighted by Crippen LogP contribution is 2.33. The summed E-state index contributed by atoms with van der Waals surface area (Å²) in [4.78, 5) is 10.9. The van der Waals surface area contributed by atoms with E-state index in [1.54, 1.807) is 12.1 Å². The second kappa shape index (κ2) is 6.96. The molecule has 0 amide bonds. The fourth-order valence-corrected chi connectivity index (χ4v) is 1.96. The molecule has 0 saturated heterocycles. The monoisotopic (exact) mass is 290 g/mol. The van der Waals surface area contributed by atoms with Gasteiger partial charge in [0, 0.05) is 11.6 Å². The second-order valence-corrected chi connectivity index (χ2v) is 4.55. The molecule has 0 heterocycles. The van der Waals surface area contributed by atoms with Gasteiger partial charge in [-0.3, -0.25) is 4.79 Å². The highest BCUT2D eigenvalue weighted by Gasteiger charge is 2.11. The quantitative estimate of drug-likeness (QED) is 0.750. The molecule has 0 aromatic heterocycles. The van der Waals surface area contributed by atoms with Crippen LogP contribution in [0, 0.1) is 0 Å². The molecule has 0 spiro atoms. The molecule has 2 aromatic carbocycles. The van der Waals surface area contributed by atoms with Crippen molar-refractivity contribution in [1.82, 2.24) is 0 Å². The van der Waals surface area contributed by atoms with Gasteiger partial charge in [-0.15, -0.1) is 0 Å². The summed E-state index contributed by atoms with van der Waals surface area (Å²) < 4.78 is 11.2. The largest absolute Gasteiger partial charge is 0.490 e. The van der Waals surface area contributed by atoms with Crippen LogP contribution in [0.15, 0.2) is 42.5 Å². The first-order valence-corrected chi connectivity index (χ1v) is 6.70. The van der Waals surface area contributed by atoms with Crippen molar-refractivity contribution in [3.63, 3.8) is 0 Å². The number of carbonyl (C=O) groups excluding carboxylic acids is 1. The number of hydrogen-bond acceptors (Lipinski definition) is 3. The Morgan fingerprint density at radius 2 is 1.80 bits per heavy atom. The zero-order valence-corrected chi connectivity index (χ0v) is 11.9. The van der Waals surface area contributed by atoms with Crippen molar-refractivity contribution in [3.8, 4) is 11.5 Å². The predicted molar refractivity (Wildman–Crippen MR) is 78.8 cm³/mol. The first-order chi connectivity index (χ1) is 9.74. The van der Waals surface area contributed by atoms with Gasteiger partial charge < -0.3 is 9.47 Å².